The largest absolute Gasteiger partial charge is 0.508 e. The van der Waals surface area contributed by atoms with Crippen molar-refractivity contribution in [2.75, 3.05) is 32.8 Å². The average Bonchev–Trinajstić information content (AvgIpc) is 3.62. The lowest BCUT2D eigenvalue weighted by molar-refractivity contribution is -0.141. The number of nitrogens with one attached hydrogen (secondary N) is 12. The zero-order valence-electron chi connectivity index (χ0n) is 47.2. The van der Waals surface area contributed by atoms with Crippen LogP contribution in [-0.4, -0.2) is 202 Å². The van der Waals surface area contributed by atoms with Crippen molar-refractivity contribution in [2.24, 2.45) is 28.9 Å². The number of amides is 11. The Hall–Kier alpha value is -9.25. The van der Waals surface area contributed by atoms with E-state index in [4.69, 9.17) is 33.5 Å². The van der Waals surface area contributed by atoms with E-state index < -0.39 is 195 Å². The molecule has 0 unspecified atom stereocenters. The fourth-order valence-electron chi connectivity index (χ4n) is 7.58. The van der Waals surface area contributed by atoms with E-state index in [0.717, 1.165) is 6.92 Å². The van der Waals surface area contributed by atoms with E-state index in [1.54, 1.807) is 26.0 Å². The van der Waals surface area contributed by atoms with Crippen molar-refractivity contribution in [2.45, 2.75) is 146 Å². The molecule has 0 aliphatic heterocycles. The third-order valence-corrected chi connectivity index (χ3v) is 12.2. The topological polar surface area (TPSA) is 600 Å². The van der Waals surface area contributed by atoms with Crippen LogP contribution in [0.25, 0.3) is 0 Å². The first-order valence-corrected chi connectivity index (χ1v) is 26.7. The molecule has 0 fully saturated rings. The van der Waals surface area contributed by atoms with Gasteiger partial charge in [-0.2, -0.15) is 0 Å². The number of hydrogen-bond donors (Lipinski definition) is 21. The van der Waals surface area contributed by atoms with Gasteiger partial charge in [-0.05, 0) is 88.4 Å². The molecule has 474 valence electrons. The van der Waals surface area contributed by atoms with Crippen molar-refractivity contribution < 1.29 is 92.7 Å². The van der Waals surface area contributed by atoms with Crippen LogP contribution in [-0.2, 0) is 73.5 Å². The van der Waals surface area contributed by atoms with Gasteiger partial charge in [-0.15, -0.1) is 0 Å². The summed E-state index contributed by atoms with van der Waals surface area (Å²) < 4.78 is 0. The number of benzene rings is 1. The maximum absolute atomic E-state index is 13.7. The SMILES string of the molecule is CC(C)[C@H](NC(=O)[C@@H](N)Cc1ccc(O)cc1)C(=O)NCC(=O)N[C@@H](CC(=O)O)C(=O)N[C@@H](CCC(=O)O)C(=O)N[C@@H](C)C(=O)N[C@@H](CCC(N)=O)C(=O)N[C@@H](CO)C(=O)N[C@@H](CCCCN)C(=O)N[C@@H](CCCNC(=N)N)C(=O)NCC(=O)O. The summed E-state index contributed by atoms with van der Waals surface area (Å²) in [5.74, 6) is -17.1. The molecule has 0 aromatic heterocycles. The standard InChI is InChI=1S/C50H80N16O19/c1-24(2)40(66-42(78)28(52)19-26-9-11-27(68)12-10-26)49(85)57-21-36(70)60-33(20-38(73)74)47(83)64-32(14-16-37(71)72)44(80)59-25(3)41(77)61-31(13-15-35(53)69)46(82)65-34(23-67)48(84)63-30(7-4-5-17-51)45(81)62-29(8-6-18-56-50(54)55)43(79)58-22-39(75)76/h9-12,24-25,28-34,40,67-68H,4-8,13-23,51-52H2,1-3H3,(H2,53,69)(H,57,85)(H,58,79)(H,59,80)(H,60,70)(H,61,77)(H,62,81)(H,63,84)(H,64,83)(H,65,82)(H,66,78)(H,71,72)(H,73,74)(H,75,76)(H4,54,55,56)/t25-,28-,29-,30-,31-,32-,33-,34-,40-/m0/s1. The number of aliphatic carboxylic acids is 3. The molecule has 9 atom stereocenters. The number of hydrogen-bond acceptors (Lipinski definition) is 19. The predicted molar refractivity (Wildman–Crippen MR) is 296 cm³/mol. The summed E-state index contributed by atoms with van der Waals surface area (Å²) in [6.07, 6.45) is -3.16. The Morgan fingerprint density at radius 3 is 1.53 bits per heavy atom. The summed E-state index contributed by atoms with van der Waals surface area (Å²) in [7, 11) is 0. The second kappa shape index (κ2) is 38.5. The van der Waals surface area contributed by atoms with Crippen molar-refractivity contribution in [1.82, 2.24) is 58.5 Å². The van der Waals surface area contributed by atoms with Gasteiger partial charge >= 0.3 is 17.9 Å². The lowest BCUT2D eigenvalue weighted by atomic mass is 10.0. The molecule has 35 heteroatoms. The molecule has 0 saturated carbocycles. The van der Waals surface area contributed by atoms with E-state index in [2.05, 4.69) is 58.5 Å². The minimum atomic E-state index is -1.97. The van der Waals surface area contributed by atoms with E-state index in [1.165, 1.54) is 12.1 Å². The third kappa shape index (κ3) is 30.0. The highest BCUT2D eigenvalue weighted by Gasteiger charge is 2.35. The van der Waals surface area contributed by atoms with Crippen LogP contribution in [0.4, 0.5) is 0 Å². The van der Waals surface area contributed by atoms with E-state index in [-0.39, 0.29) is 56.9 Å². The number of carbonyl (C=O) groups is 14. The molecule has 0 radical (unpaired) electrons. The summed E-state index contributed by atoms with van der Waals surface area (Å²) in [4.78, 5) is 180. The maximum Gasteiger partial charge on any atom is 0.322 e. The Morgan fingerprint density at radius 2 is 1.01 bits per heavy atom. The lowest BCUT2D eigenvalue weighted by Crippen LogP contribution is -2.60. The highest BCUT2D eigenvalue weighted by molar-refractivity contribution is 5.99. The number of carbonyl (C=O) groups excluding carboxylic acids is 11. The Labute approximate surface area is 487 Å². The minimum absolute atomic E-state index is 0.0107. The smallest absolute Gasteiger partial charge is 0.322 e. The summed E-state index contributed by atoms with van der Waals surface area (Å²) in [6, 6.07) is -8.43. The van der Waals surface area contributed by atoms with Crippen LogP contribution >= 0.6 is 0 Å². The van der Waals surface area contributed by atoms with Gasteiger partial charge in [-0.1, -0.05) is 26.0 Å². The van der Waals surface area contributed by atoms with Gasteiger partial charge in [0, 0.05) is 19.4 Å². The molecule has 11 amide bonds. The third-order valence-electron chi connectivity index (χ3n) is 12.2. The van der Waals surface area contributed by atoms with E-state index >= 15 is 0 Å². The second-order valence-corrected chi connectivity index (χ2v) is 19.7. The zero-order valence-corrected chi connectivity index (χ0v) is 47.2. The number of rotatable bonds is 41. The van der Waals surface area contributed by atoms with Gasteiger partial charge in [0.05, 0.1) is 25.6 Å². The molecule has 0 saturated heterocycles. The first-order chi connectivity index (χ1) is 39.9. The van der Waals surface area contributed by atoms with Crippen molar-refractivity contribution in [1.29, 1.82) is 5.41 Å². The van der Waals surface area contributed by atoms with E-state index in [1.807, 2.05) is 0 Å². The highest BCUT2D eigenvalue weighted by atomic mass is 16.4. The second-order valence-electron chi connectivity index (χ2n) is 19.7. The normalized spacial score (nSPS) is 14.0. The van der Waals surface area contributed by atoms with Crippen LogP contribution in [0, 0.1) is 11.3 Å². The molecular formula is C50H80N16O19. The molecule has 1 aromatic rings. The maximum atomic E-state index is 13.7. The molecule has 1 aromatic carbocycles. The van der Waals surface area contributed by atoms with Crippen LogP contribution in [0.15, 0.2) is 24.3 Å². The molecule has 25 N–H and O–H groups in total. The van der Waals surface area contributed by atoms with Gasteiger partial charge in [0.2, 0.25) is 65.0 Å². The number of guanidine groups is 1. The van der Waals surface area contributed by atoms with Crippen molar-refractivity contribution in [3.05, 3.63) is 29.8 Å². The molecule has 0 aliphatic rings. The van der Waals surface area contributed by atoms with Crippen LogP contribution in [0.1, 0.15) is 90.5 Å². The van der Waals surface area contributed by atoms with Crippen LogP contribution in [0.3, 0.4) is 0 Å². The molecular weight excluding hydrogens is 1130 g/mol. The number of carboxylic acids is 3. The first-order valence-electron chi connectivity index (χ1n) is 26.7. The highest BCUT2D eigenvalue weighted by Crippen LogP contribution is 2.12. The number of nitrogens with two attached hydrogens (primary N) is 4. The van der Waals surface area contributed by atoms with Gasteiger partial charge in [-0.3, -0.25) is 72.5 Å². The number of primary amides is 1. The average molecular weight is 1210 g/mol. The monoisotopic (exact) mass is 1210 g/mol. The molecule has 0 spiro atoms. The van der Waals surface area contributed by atoms with Gasteiger partial charge in [0.25, 0.3) is 0 Å². The fraction of sp³-hybridized carbons (Fsp3) is 0.580. The summed E-state index contributed by atoms with van der Waals surface area (Å²) in [6.45, 7) is 1.66. The molecule has 35 nitrogen and oxygen atoms in total. The van der Waals surface area contributed by atoms with Crippen LogP contribution in [0.5, 0.6) is 5.75 Å². The number of aliphatic hydroxyl groups is 1. The fourth-order valence-corrected chi connectivity index (χ4v) is 7.58. The number of unbranched alkanes of at least 4 members (excludes halogenated alkanes) is 1. The van der Waals surface area contributed by atoms with Crippen molar-refractivity contribution in [3.8, 4) is 5.75 Å². The quantitative estimate of drug-likeness (QED) is 0.0164. The van der Waals surface area contributed by atoms with E-state index in [0.29, 0.717) is 12.0 Å². The molecule has 0 aliphatic carbocycles. The summed E-state index contributed by atoms with van der Waals surface area (Å²) in [5.41, 5.74) is 22.8. The Bertz CT molecular complexity index is 2520. The van der Waals surface area contributed by atoms with Crippen molar-refractivity contribution >= 4 is 88.8 Å². The minimum Gasteiger partial charge on any atom is -0.508 e. The van der Waals surface area contributed by atoms with Crippen molar-refractivity contribution in [3.63, 3.8) is 0 Å². The predicted octanol–water partition coefficient (Wildman–Crippen LogP) is -7.88. The van der Waals surface area contributed by atoms with Gasteiger partial charge in [-0.25, -0.2) is 0 Å². The first kappa shape index (κ1) is 73.8. The lowest BCUT2D eigenvalue weighted by Gasteiger charge is -2.27. The van der Waals surface area contributed by atoms with E-state index in [9.17, 15) is 87.5 Å². The van der Waals surface area contributed by atoms with Gasteiger partial charge in [0.1, 0.15) is 60.6 Å². The van der Waals surface area contributed by atoms with Gasteiger partial charge in [0.15, 0.2) is 5.96 Å². The summed E-state index contributed by atoms with van der Waals surface area (Å²) in [5, 5.41) is 80.2. The Balaban J connectivity index is 3.24. The zero-order chi connectivity index (χ0) is 64.5. The van der Waals surface area contributed by atoms with Gasteiger partial charge < -0.3 is 107 Å². The van der Waals surface area contributed by atoms with Crippen LogP contribution in [0.2, 0.25) is 0 Å². The summed E-state index contributed by atoms with van der Waals surface area (Å²) >= 11 is 0. The molecule has 85 heavy (non-hydrogen) atoms. The number of carboxylic acid groups (broad SMARTS) is 3. The molecule has 0 heterocycles. The molecule has 0 bridgehead atoms. The number of aliphatic hydroxyl groups excluding tert-OH is 1. The number of phenolic OH excluding ortho intramolecular Hbond substituents is 1. The Morgan fingerprint density at radius 1 is 0.518 bits per heavy atom. The number of phenols is 1. The Kier molecular flexibility index (Phi) is 33.4. The molecule has 1 rings (SSSR count). The van der Waals surface area contributed by atoms with Crippen LogP contribution < -0.4 is 81.4 Å². The number of aromatic hydroxyl groups is 1.